The van der Waals surface area contributed by atoms with Gasteiger partial charge in [-0.25, -0.2) is 4.39 Å². The number of amides is 3. The molecule has 3 aromatic rings. The molecule has 5 N–H and O–H groups in total. The summed E-state index contributed by atoms with van der Waals surface area (Å²) in [5.74, 6) is -2.38. The number of nitrogens with two attached hydrogens (primary N) is 2. The van der Waals surface area contributed by atoms with Gasteiger partial charge in [-0.3, -0.25) is 19.3 Å². The molecule has 1 heterocycles. The molecule has 1 saturated carbocycles. The van der Waals surface area contributed by atoms with Gasteiger partial charge in [-0.05, 0) is 66.3 Å². The molecule has 1 aliphatic rings. The van der Waals surface area contributed by atoms with Crippen molar-refractivity contribution in [2.45, 2.75) is 44.2 Å². The summed E-state index contributed by atoms with van der Waals surface area (Å²) in [5.41, 5.74) is 12.8. The first-order chi connectivity index (χ1) is 18.2. The number of nitrogens with one attached hydrogen (secondary N) is 1. The molecule has 9 nitrogen and oxygen atoms in total. The minimum atomic E-state index is -1.11. The van der Waals surface area contributed by atoms with E-state index < -0.39 is 23.7 Å². The predicted molar refractivity (Wildman–Crippen MR) is 147 cm³/mol. The number of primary amides is 1. The number of hydrogen-bond acceptors (Lipinski definition) is 7. The fourth-order valence-corrected chi connectivity index (χ4v) is 5.37. The second kappa shape index (κ2) is 11.6. The highest BCUT2D eigenvalue weighted by Gasteiger charge is 2.37. The Balaban J connectivity index is 1.84. The second-order valence-electron chi connectivity index (χ2n) is 9.52. The van der Waals surface area contributed by atoms with Gasteiger partial charge in [0.05, 0.1) is 5.69 Å². The molecule has 3 amide bonds. The lowest BCUT2D eigenvalue weighted by Gasteiger charge is -2.33. The second-order valence-corrected chi connectivity index (χ2v) is 10.3. The fourth-order valence-electron chi connectivity index (χ4n) is 4.62. The van der Waals surface area contributed by atoms with Crippen molar-refractivity contribution in [2.24, 2.45) is 5.73 Å². The Morgan fingerprint density at radius 3 is 2.16 bits per heavy atom. The first kappa shape index (κ1) is 27.1. The molecular formula is C27H31FN6O3S. The van der Waals surface area contributed by atoms with Gasteiger partial charge in [0.25, 0.3) is 11.8 Å². The molecule has 0 spiro atoms. The van der Waals surface area contributed by atoms with Gasteiger partial charge >= 0.3 is 0 Å². The van der Waals surface area contributed by atoms with Gasteiger partial charge in [0.15, 0.2) is 5.69 Å². The Labute approximate surface area is 224 Å². The lowest BCUT2D eigenvalue weighted by Crippen LogP contribution is -2.47. The molecule has 0 bridgehead atoms. The van der Waals surface area contributed by atoms with Crippen molar-refractivity contribution in [3.63, 3.8) is 0 Å². The van der Waals surface area contributed by atoms with Crippen LogP contribution in [0.3, 0.4) is 0 Å². The number of rotatable bonds is 8. The van der Waals surface area contributed by atoms with Crippen LogP contribution in [-0.4, -0.2) is 42.2 Å². The maximum atomic E-state index is 14.1. The van der Waals surface area contributed by atoms with Crippen molar-refractivity contribution >= 4 is 46.3 Å². The number of nitrogen functional groups attached to an aromatic ring is 1. The van der Waals surface area contributed by atoms with Crippen LogP contribution in [0, 0.1) is 5.82 Å². The van der Waals surface area contributed by atoms with Crippen molar-refractivity contribution in [3.05, 3.63) is 70.5 Å². The Hall–Kier alpha value is -3.99. The van der Waals surface area contributed by atoms with E-state index in [4.69, 9.17) is 11.5 Å². The first-order valence-corrected chi connectivity index (χ1v) is 13.2. The molecule has 4 rings (SSSR count). The van der Waals surface area contributed by atoms with Crippen LogP contribution in [0.1, 0.15) is 63.9 Å². The number of anilines is 3. The maximum absolute atomic E-state index is 14.1. The molecule has 38 heavy (non-hydrogen) atoms. The molecule has 1 atom stereocenters. The van der Waals surface area contributed by atoms with E-state index in [2.05, 4.69) is 9.69 Å². The molecular weight excluding hydrogens is 507 g/mol. The quantitative estimate of drug-likeness (QED) is 0.399. The summed E-state index contributed by atoms with van der Waals surface area (Å²) in [6.45, 7) is 0. The van der Waals surface area contributed by atoms with E-state index in [0.29, 0.717) is 5.56 Å². The number of nitrogens with zero attached hydrogens (tertiary/aromatic N) is 3. The zero-order chi connectivity index (χ0) is 27.4. The fraction of sp³-hybridized carbons (Fsp3) is 0.333. The Morgan fingerprint density at radius 2 is 1.61 bits per heavy atom. The van der Waals surface area contributed by atoms with Gasteiger partial charge in [-0.1, -0.05) is 31.4 Å². The van der Waals surface area contributed by atoms with Crippen LogP contribution in [0.2, 0.25) is 0 Å². The third-order valence-electron chi connectivity index (χ3n) is 6.66. The average Bonchev–Trinajstić information content (AvgIpc) is 3.29. The van der Waals surface area contributed by atoms with Gasteiger partial charge in [0, 0.05) is 31.5 Å². The van der Waals surface area contributed by atoms with Crippen LogP contribution in [0.4, 0.5) is 21.5 Å². The van der Waals surface area contributed by atoms with E-state index in [9.17, 15) is 18.8 Å². The minimum Gasteiger partial charge on any atom is -0.395 e. The number of aromatic nitrogens is 1. The van der Waals surface area contributed by atoms with E-state index >= 15 is 0 Å². The standard InChI is InChI=1S/C27H31FN6O3S/c1-33(2)19-12-8-16(9-13-19)23(26(36)31-18-6-4-3-5-7-18)34(20-14-10-17(28)11-15-20)27(37)24-21(29)22(25(30)35)32-38-24/h8-15,18,23H,3-7,29H2,1-2H3,(H2,30,35)(H,31,36). The van der Waals surface area contributed by atoms with Crippen LogP contribution >= 0.6 is 11.5 Å². The van der Waals surface area contributed by atoms with Gasteiger partial charge < -0.3 is 21.7 Å². The third kappa shape index (κ3) is 5.77. The molecule has 0 radical (unpaired) electrons. The highest BCUT2D eigenvalue weighted by Crippen LogP contribution is 2.34. The average molecular weight is 539 g/mol. The molecule has 1 aliphatic carbocycles. The molecule has 1 aromatic heterocycles. The summed E-state index contributed by atoms with van der Waals surface area (Å²) in [7, 11) is 3.80. The molecule has 2 aromatic carbocycles. The van der Waals surface area contributed by atoms with Crippen LogP contribution in [0.5, 0.6) is 0 Å². The van der Waals surface area contributed by atoms with Crippen LogP contribution in [-0.2, 0) is 4.79 Å². The number of hydrogen-bond donors (Lipinski definition) is 3. The van der Waals surface area contributed by atoms with E-state index in [0.717, 1.165) is 49.3 Å². The van der Waals surface area contributed by atoms with E-state index in [1.165, 1.54) is 29.2 Å². The highest BCUT2D eigenvalue weighted by molar-refractivity contribution is 7.09. The summed E-state index contributed by atoms with van der Waals surface area (Å²) in [6, 6.07) is 11.4. The number of carbonyl (C=O) groups is 3. The zero-order valence-corrected chi connectivity index (χ0v) is 22.1. The smallest absolute Gasteiger partial charge is 0.273 e. The van der Waals surface area contributed by atoms with E-state index in [1.54, 1.807) is 12.1 Å². The molecule has 0 aliphatic heterocycles. The summed E-state index contributed by atoms with van der Waals surface area (Å²) in [5, 5.41) is 3.13. The lowest BCUT2D eigenvalue weighted by molar-refractivity contribution is -0.123. The predicted octanol–water partition coefficient (Wildman–Crippen LogP) is 3.87. The van der Waals surface area contributed by atoms with Crippen LogP contribution in [0.15, 0.2) is 48.5 Å². The molecule has 0 saturated heterocycles. The van der Waals surface area contributed by atoms with Crippen molar-refractivity contribution in [2.75, 3.05) is 29.6 Å². The van der Waals surface area contributed by atoms with E-state index in [-0.39, 0.29) is 33.9 Å². The molecule has 200 valence electrons. The first-order valence-electron chi connectivity index (χ1n) is 12.4. The van der Waals surface area contributed by atoms with Gasteiger partial charge in [0.2, 0.25) is 5.91 Å². The van der Waals surface area contributed by atoms with Crippen LogP contribution in [0.25, 0.3) is 0 Å². The van der Waals surface area contributed by atoms with Crippen molar-refractivity contribution in [3.8, 4) is 0 Å². The molecule has 1 fully saturated rings. The Bertz CT molecular complexity index is 1300. The molecule has 11 heteroatoms. The Morgan fingerprint density at radius 1 is 1.00 bits per heavy atom. The van der Waals surface area contributed by atoms with E-state index in [1.807, 2.05) is 31.1 Å². The Kier molecular flexibility index (Phi) is 8.26. The molecule has 1 unspecified atom stereocenters. The topological polar surface area (TPSA) is 135 Å². The van der Waals surface area contributed by atoms with Crippen molar-refractivity contribution in [1.29, 1.82) is 0 Å². The van der Waals surface area contributed by atoms with Gasteiger partial charge in [0.1, 0.15) is 16.7 Å². The van der Waals surface area contributed by atoms with Crippen molar-refractivity contribution in [1.82, 2.24) is 9.69 Å². The summed E-state index contributed by atoms with van der Waals surface area (Å²) >= 11 is 0.726. The zero-order valence-electron chi connectivity index (χ0n) is 21.3. The summed E-state index contributed by atoms with van der Waals surface area (Å²) in [4.78, 5) is 42.9. The summed E-state index contributed by atoms with van der Waals surface area (Å²) < 4.78 is 17.8. The van der Waals surface area contributed by atoms with Gasteiger partial charge in [-0.2, -0.15) is 4.37 Å². The minimum absolute atomic E-state index is 0.0140. The number of carbonyl (C=O) groups excluding carboxylic acids is 3. The number of benzene rings is 2. The largest absolute Gasteiger partial charge is 0.395 e. The SMILES string of the molecule is CN(C)c1ccc(C(C(=O)NC2CCCCC2)N(C(=O)c2snc(C(N)=O)c2N)c2ccc(F)cc2)cc1. The monoisotopic (exact) mass is 538 g/mol. The third-order valence-corrected chi connectivity index (χ3v) is 7.51. The normalized spacial score (nSPS) is 14.5. The van der Waals surface area contributed by atoms with Crippen molar-refractivity contribution < 1.29 is 18.8 Å². The summed E-state index contributed by atoms with van der Waals surface area (Å²) in [6.07, 6.45) is 4.86. The highest BCUT2D eigenvalue weighted by atomic mass is 32.1. The maximum Gasteiger partial charge on any atom is 0.273 e. The lowest BCUT2D eigenvalue weighted by atomic mass is 9.94. The van der Waals surface area contributed by atoms with Crippen LogP contribution < -0.4 is 26.6 Å². The van der Waals surface area contributed by atoms with Gasteiger partial charge in [-0.15, -0.1) is 0 Å². The number of halogens is 1.